The second kappa shape index (κ2) is 10.2. The fraction of sp³-hybridized carbons (Fsp3) is 0.227. The molecule has 0 saturated heterocycles. The monoisotopic (exact) mass is 476 g/mol. The number of para-hydroxylation sites is 1. The molecule has 0 aliphatic carbocycles. The summed E-state index contributed by atoms with van der Waals surface area (Å²) in [5.41, 5.74) is 4.50. The van der Waals surface area contributed by atoms with E-state index in [-0.39, 0.29) is 24.9 Å². The van der Waals surface area contributed by atoms with Crippen LogP contribution in [0.2, 0.25) is 10.0 Å². The number of hydrogen-bond acceptors (Lipinski definition) is 5. The maximum atomic E-state index is 12.4. The number of rotatable bonds is 7. The van der Waals surface area contributed by atoms with Crippen LogP contribution in [0.5, 0.6) is 0 Å². The summed E-state index contributed by atoms with van der Waals surface area (Å²) >= 11 is 13.5. The van der Waals surface area contributed by atoms with Crippen molar-refractivity contribution in [3.63, 3.8) is 0 Å². The third kappa shape index (κ3) is 6.27. The summed E-state index contributed by atoms with van der Waals surface area (Å²) in [7, 11) is 1.68. The number of carbonyl (C=O) groups is 2. The molecule has 0 radical (unpaired) electrons. The normalized spacial score (nSPS) is 10.9. The molecule has 6 nitrogen and oxygen atoms in total. The van der Waals surface area contributed by atoms with Gasteiger partial charge in [0.1, 0.15) is 0 Å². The van der Waals surface area contributed by atoms with Crippen LogP contribution >= 0.6 is 34.5 Å². The van der Waals surface area contributed by atoms with Crippen molar-refractivity contribution in [2.24, 2.45) is 0 Å². The first-order valence-electron chi connectivity index (χ1n) is 9.48. The number of carbonyl (C=O) groups excluding carboxylic acids is 2. The molecule has 0 aliphatic rings. The van der Waals surface area contributed by atoms with Crippen LogP contribution in [-0.2, 0) is 9.59 Å². The predicted octanol–water partition coefficient (Wildman–Crippen LogP) is 5.24. The van der Waals surface area contributed by atoms with E-state index in [1.54, 1.807) is 30.1 Å². The SMILES string of the molecule is Cc1ccc(C)c(-c2csc(NC(=O)CN(C)CC(=O)Nc3c(Cl)cccc3Cl)n2)c1. The van der Waals surface area contributed by atoms with E-state index in [1.807, 2.05) is 19.2 Å². The Bertz CT molecular complexity index is 1100. The van der Waals surface area contributed by atoms with Crippen molar-refractivity contribution >= 4 is 57.2 Å². The van der Waals surface area contributed by atoms with E-state index in [0.29, 0.717) is 20.9 Å². The lowest BCUT2D eigenvalue weighted by atomic mass is 10.0. The molecule has 0 fully saturated rings. The summed E-state index contributed by atoms with van der Waals surface area (Å²) in [5.74, 6) is -0.579. The molecule has 3 rings (SSSR count). The molecule has 0 atom stereocenters. The fourth-order valence-electron chi connectivity index (χ4n) is 2.97. The molecular weight excluding hydrogens is 455 g/mol. The topological polar surface area (TPSA) is 74.3 Å². The number of halogens is 2. The van der Waals surface area contributed by atoms with Crippen LogP contribution in [0.15, 0.2) is 41.8 Å². The van der Waals surface area contributed by atoms with Crippen molar-refractivity contribution in [1.82, 2.24) is 9.88 Å². The Kier molecular flexibility index (Phi) is 7.67. The second-order valence-electron chi connectivity index (χ2n) is 7.22. The summed E-state index contributed by atoms with van der Waals surface area (Å²) in [4.78, 5) is 30.8. The van der Waals surface area contributed by atoms with Crippen molar-refractivity contribution in [2.75, 3.05) is 30.8 Å². The van der Waals surface area contributed by atoms with Crippen LogP contribution in [-0.4, -0.2) is 41.8 Å². The summed E-state index contributed by atoms with van der Waals surface area (Å²) in [6, 6.07) is 11.2. The Morgan fingerprint density at radius 3 is 2.35 bits per heavy atom. The summed E-state index contributed by atoms with van der Waals surface area (Å²) in [6.07, 6.45) is 0. The fourth-order valence-corrected chi connectivity index (χ4v) is 4.19. The molecule has 2 amide bonds. The summed E-state index contributed by atoms with van der Waals surface area (Å²) in [5, 5.41) is 8.61. The smallest absolute Gasteiger partial charge is 0.240 e. The predicted molar refractivity (Wildman–Crippen MR) is 128 cm³/mol. The number of benzene rings is 2. The molecule has 0 saturated carbocycles. The zero-order chi connectivity index (χ0) is 22.5. The maximum Gasteiger partial charge on any atom is 0.240 e. The number of thiazole rings is 1. The van der Waals surface area contributed by atoms with E-state index in [2.05, 4.69) is 33.8 Å². The Morgan fingerprint density at radius 1 is 1.03 bits per heavy atom. The largest absolute Gasteiger partial charge is 0.322 e. The van der Waals surface area contributed by atoms with E-state index in [9.17, 15) is 9.59 Å². The van der Waals surface area contributed by atoms with Crippen molar-refractivity contribution in [3.05, 3.63) is 63.0 Å². The molecule has 0 aliphatic heterocycles. The maximum absolute atomic E-state index is 12.4. The van der Waals surface area contributed by atoms with Gasteiger partial charge < -0.3 is 10.6 Å². The number of nitrogens with one attached hydrogen (secondary N) is 2. The molecule has 9 heteroatoms. The first kappa shape index (κ1) is 23.2. The molecule has 1 aromatic heterocycles. The van der Waals surface area contributed by atoms with E-state index in [4.69, 9.17) is 23.2 Å². The van der Waals surface area contributed by atoms with Gasteiger partial charge in [-0.1, -0.05) is 47.0 Å². The Morgan fingerprint density at radius 2 is 1.68 bits per heavy atom. The van der Waals surface area contributed by atoms with Gasteiger partial charge in [0.05, 0.1) is 34.5 Å². The number of aromatic nitrogens is 1. The molecular formula is C22H22Cl2N4O2S. The lowest BCUT2D eigenvalue weighted by molar-refractivity contribution is -0.119. The highest BCUT2D eigenvalue weighted by Gasteiger charge is 2.15. The van der Waals surface area contributed by atoms with Gasteiger partial charge in [-0.2, -0.15) is 0 Å². The molecule has 162 valence electrons. The molecule has 0 unspecified atom stereocenters. The van der Waals surface area contributed by atoms with Gasteiger partial charge in [0.2, 0.25) is 11.8 Å². The van der Waals surface area contributed by atoms with Crippen LogP contribution in [0.25, 0.3) is 11.3 Å². The van der Waals surface area contributed by atoms with Gasteiger partial charge in [-0.05, 0) is 44.7 Å². The van der Waals surface area contributed by atoms with Gasteiger partial charge in [0.25, 0.3) is 0 Å². The average molecular weight is 477 g/mol. The van der Waals surface area contributed by atoms with Crippen LogP contribution < -0.4 is 10.6 Å². The van der Waals surface area contributed by atoms with Gasteiger partial charge >= 0.3 is 0 Å². The molecule has 2 aromatic carbocycles. The van der Waals surface area contributed by atoms with Gasteiger partial charge in [-0.25, -0.2) is 4.98 Å². The quantitative estimate of drug-likeness (QED) is 0.488. The van der Waals surface area contributed by atoms with Crippen LogP contribution in [0.1, 0.15) is 11.1 Å². The Balaban J connectivity index is 1.54. The zero-order valence-corrected chi connectivity index (χ0v) is 19.7. The van der Waals surface area contributed by atoms with Crippen LogP contribution in [0.4, 0.5) is 10.8 Å². The first-order valence-corrected chi connectivity index (χ1v) is 11.1. The van der Waals surface area contributed by atoms with Gasteiger partial charge in [-0.15, -0.1) is 11.3 Å². The van der Waals surface area contributed by atoms with Crippen molar-refractivity contribution in [2.45, 2.75) is 13.8 Å². The van der Waals surface area contributed by atoms with Gasteiger partial charge in [-0.3, -0.25) is 14.5 Å². The van der Waals surface area contributed by atoms with Gasteiger partial charge in [0, 0.05) is 10.9 Å². The number of likely N-dealkylation sites (N-methyl/N-ethyl adjacent to an activating group) is 1. The van der Waals surface area contributed by atoms with Crippen LogP contribution in [0.3, 0.4) is 0 Å². The highest BCUT2D eigenvalue weighted by Crippen LogP contribution is 2.30. The molecule has 3 aromatic rings. The van der Waals surface area contributed by atoms with E-state index >= 15 is 0 Å². The highest BCUT2D eigenvalue weighted by atomic mass is 35.5. The van der Waals surface area contributed by atoms with Crippen LogP contribution in [0, 0.1) is 13.8 Å². The minimum absolute atomic E-state index is 0.000573. The van der Waals surface area contributed by atoms with Crippen molar-refractivity contribution in [3.8, 4) is 11.3 Å². The van der Waals surface area contributed by atoms with Gasteiger partial charge in [0.15, 0.2) is 5.13 Å². The van der Waals surface area contributed by atoms with E-state index in [1.165, 1.54) is 11.3 Å². The lowest BCUT2D eigenvalue weighted by Crippen LogP contribution is -2.36. The third-order valence-corrected chi connectivity index (χ3v) is 5.86. The van der Waals surface area contributed by atoms with Crippen molar-refractivity contribution < 1.29 is 9.59 Å². The van der Waals surface area contributed by atoms with E-state index < -0.39 is 0 Å². The Labute approximate surface area is 195 Å². The third-order valence-electron chi connectivity index (χ3n) is 4.47. The molecule has 0 bridgehead atoms. The number of amides is 2. The Hall–Kier alpha value is -2.45. The number of anilines is 2. The highest BCUT2D eigenvalue weighted by molar-refractivity contribution is 7.14. The zero-order valence-electron chi connectivity index (χ0n) is 17.3. The average Bonchev–Trinajstić information content (AvgIpc) is 3.14. The first-order chi connectivity index (χ1) is 14.7. The second-order valence-corrected chi connectivity index (χ2v) is 8.89. The standard InChI is InChI=1S/C22H22Cl2N4O2S/c1-13-7-8-14(2)15(9-13)18-12-31-22(25-18)27-20(30)11-28(3)10-19(29)26-21-16(23)5-4-6-17(21)24/h4-9,12H,10-11H2,1-3H3,(H,26,29)(H,25,27,30). The minimum Gasteiger partial charge on any atom is -0.322 e. The lowest BCUT2D eigenvalue weighted by Gasteiger charge is -2.16. The molecule has 0 spiro atoms. The van der Waals surface area contributed by atoms with E-state index in [0.717, 1.165) is 22.4 Å². The molecule has 1 heterocycles. The molecule has 2 N–H and O–H groups in total. The minimum atomic E-state index is -0.322. The number of hydrogen-bond donors (Lipinski definition) is 2. The summed E-state index contributed by atoms with van der Waals surface area (Å²) in [6.45, 7) is 4.09. The van der Waals surface area contributed by atoms with Crippen molar-refractivity contribution in [1.29, 1.82) is 0 Å². The molecule has 31 heavy (non-hydrogen) atoms. The number of aryl methyl sites for hydroxylation is 2. The summed E-state index contributed by atoms with van der Waals surface area (Å²) < 4.78 is 0. The number of nitrogens with zero attached hydrogens (tertiary/aromatic N) is 2.